The van der Waals surface area contributed by atoms with Crippen LogP contribution in [0.1, 0.15) is 6.92 Å². The van der Waals surface area contributed by atoms with Crippen LogP contribution in [0.5, 0.6) is 5.75 Å². The van der Waals surface area contributed by atoms with E-state index in [9.17, 15) is 13.2 Å². The Morgan fingerprint density at radius 1 is 1.29 bits per heavy atom. The van der Waals surface area contributed by atoms with Crippen molar-refractivity contribution in [2.45, 2.75) is 17.9 Å². The number of rotatable bonds is 8. The topological polar surface area (TPSA) is 93.1 Å². The van der Waals surface area contributed by atoms with E-state index >= 15 is 0 Å². The fourth-order valence-corrected chi connectivity index (χ4v) is 2.80. The zero-order chi connectivity index (χ0) is 16.0. The van der Waals surface area contributed by atoms with Crippen molar-refractivity contribution in [3.8, 4) is 5.75 Å². The van der Waals surface area contributed by atoms with Crippen molar-refractivity contribution < 1.29 is 27.8 Å². The highest BCUT2D eigenvalue weighted by atomic mass is 32.2. The maximum absolute atomic E-state index is 12.3. The Balaban J connectivity index is 2.87. The minimum absolute atomic E-state index is 0.0113. The number of methoxy groups -OCH3 is 1. The van der Waals surface area contributed by atoms with Gasteiger partial charge in [0.2, 0.25) is 10.0 Å². The average Bonchev–Trinajstić information content (AvgIpc) is 2.46. The van der Waals surface area contributed by atoms with E-state index in [1.54, 1.807) is 7.11 Å². The SMILES string of the molecule is COCCOc1ccc(S(=O)(=O)N(C)C(C)C(=O)O)cc1. The van der Waals surface area contributed by atoms with Gasteiger partial charge in [-0.3, -0.25) is 4.79 Å². The number of nitrogens with zero attached hydrogens (tertiary/aromatic N) is 1. The second kappa shape index (κ2) is 7.39. The van der Waals surface area contributed by atoms with E-state index in [1.165, 1.54) is 38.2 Å². The minimum atomic E-state index is -3.85. The fourth-order valence-electron chi connectivity index (χ4n) is 1.48. The molecule has 0 aliphatic heterocycles. The summed E-state index contributed by atoms with van der Waals surface area (Å²) in [5, 5.41) is 8.89. The smallest absolute Gasteiger partial charge is 0.321 e. The van der Waals surface area contributed by atoms with Gasteiger partial charge in [0.15, 0.2) is 0 Å². The number of ether oxygens (including phenoxy) is 2. The van der Waals surface area contributed by atoms with Crippen LogP contribution in [0.2, 0.25) is 0 Å². The molecule has 0 spiro atoms. The summed E-state index contributed by atoms with van der Waals surface area (Å²) in [4.78, 5) is 10.9. The second-order valence-electron chi connectivity index (χ2n) is 4.35. The predicted octanol–water partition coefficient (Wildman–Crippen LogP) is 0.805. The van der Waals surface area contributed by atoms with Gasteiger partial charge in [-0.25, -0.2) is 8.42 Å². The van der Waals surface area contributed by atoms with Crippen LogP contribution in [-0.4, -0.2) is 57.2 Å². The standard InChI is InChI=1S/C13H19NO6S/c1-10(13(15)16)14(2)21(17,18)12-6-4-11(5-7-12)20-9-8-19-3/h4-7,10H,8-9H2,1-3H3,(H,15,16). The van der Waals surface area contributed by atoms with Crippen LogP contribution in [0.3, 0.4) is 0 Å². The third-order valence-electron chi connectivity index (χ3n) is 2.96. The van der Waals surface area contributed by atoms with E-state index in [0.717, 1.165) is 4.31 Å². The summed E-state index contributed by atoms with van der Waals surface area (Å²) in [5.74, 6) is -0.694. The van der Waals surface area contributed by atoms with Gasteiger partial charge in [-0.2, -0.15) is 4.31 Å². The van der Waals surface area contributed by atoms with E-state index in [4.69, 9.17) is 14.6 Å². The molecule has 0 aliphatic rings. The molecule has 0 aliphatic carbocycles. The van der Waals surface area contributed by atoms with E-state index in [2.05, 4.69) is 0 Å². The third kappa shape index (κ3) is 4.42. The molecule has 8 heteroatoms. The van der Waals surface area contributed by atoms with Crippen LogP contribution in [0, 0.1) is 0 Å². The number of carboxylic acids is 1. The van der Waals surface area contributed by atoms with E-state index in [0.29, 0.717) is 19.0 Å². The Labute approximate surface area is 124 Å². The Bertz CT molecular complexity index is 569. The quantitative estimate of drug-likeness (QED) is 0.713. The summed E-state index contributed by atoms with van der Waals surface area (Å²) in [7, 11) is -1.07. The van der Waals surface area contributed by atoms with Gasteiger partial charge in [0.25, 0.3) is 0 Å². The van der Waals surface area contributed by atoms with Gasteiger partial charge >= 0.3 is 5.97 Å². The van der Waals surface area contributed by atoms with Gasteiger partial charge in [-0.1, -0.05) is 0 Å². The molecule has 0 radical (unpaired) electrons. The molecule has 0 aromatic heterocycles. The number of sulfonamides is 1. The number of hydrogen-bond donors (Lipinski definition) is 1. The summed E-state index contributed by atoms with van der Waals surface area (Å²) in [6.45, 7) is 2.10. The third-order valence-corrected chi connectivity index (χ3v) is 4.90. The average molecular weight is 317 g/mol. The first kappa shape index (κ1) is 17.4. The van der Waals surface area contributed by atoms with Crippen LogP contribution < -0.4 is 4.74 Å². The summed E-state index contributed by atoms with van der Waals surface area (Å²) in [6.07, 6.45) is 0. The highest BCUT2D eigenvalue weighted by molar-refractivity contribution is 7.89. The molecule has 1 unspecified atom stereocenters. The van der Waals surface area contributed by atoms with Crippen molar-refractivity contribution in [2.75, 3.05) is 27.4 Å². The first-order valence-corrected chi connectivity index (χ1v) is 7.67. The number of aliphatic carboxylic acids is 1. The van der Waals surface area contributed by atoms with Gasteiger partial charge in [-0.15, -0.1) is 0 Å². The van der Waals surface area contributed by atoms with Crippen LogP contribution in [0.25, 0.3) is 0 Å². The molecule has 0 bridgehead atoms. The second-order valence-corrected chi connectivity index (χ2v) is 6.35. The molecular weight excluding hydrogens is 298 g/mol. The van der Waals surface area contributed by atoms with Crippen molar-refractivity contribution in [1.29, 1.82) is 0 Å². The van der Waals surface area contributed by atoms with Crippen LogP contribution in [0.4, 0.5) is 0 Å². The molecule has 0 amide bonds. The first-order chi connectivity index (χ1) is 9.80. The molecule has 7 nitrogen and oxygen atoms in total. The minimum Gasteiger partial charge on any atom is -0.491 e. The molecule has 0 saturated carbocycles. The molecule has 1 N–H and O–H groups in total. The number of likely N-dealkylation sites (N-methyl/N-ethyl adjacent to an activating group) is 1. The van der Waals surface area contributed by atoms with E-state index < -0.39 is 22.0 Å². The molecule has 1 atom stereocenters. The monoisotopic (exact) mass is 317 g/mol. The zero-order valence-electron chi connectivity index (χ0n) is 12.1. The molecule has 1 aromatic carbocycles. The molecule has 1 rings (SSSR count). The van der Waals surface area contributed by atoms with Crippen molar-refractivity contribution >= 4 is 16.0 Å². The highest BCUT2D eigenvalue weighted by Crippen LogP contribution is 2.20. The molecule has 0 fully saturated rings. The molecule has 0 heterocycles. The van der Waals surface area contributed by atoms with Gasteiger partial charge in [-0.05, 0) is 31.2 Å². The predicted molar refractivity (Wildman–Crippen MR) is 75.9 cm³/mol. The van der Waals surface area contributed by atoms with Gasteiger partial charge in [0.1, 0.15) is 18.4 Å². The van der Waals surface area contributed by atoms with Crippen molar-refractivity contribution in [3.63, 3.8) is 0 Å². The van der Waals surface area contributed by atoms with Crippen molar-refractivity contribution in [1.82, 2.24) is 4.31 Å². The number of carboxylic acid groups (broad SMARTS) is 1. The first-order valence-electron chi connectivity index (χ1n) is 6.23. The fraction of sp³-hybridized carbons (Fsp3) is 0.462. The van der Waals surface area contributed by atoms with Crippen LogP contribution in [0.15, 0.2) is 29.2 Å². The lowest BCUT2D eigenvalue weighted by Crippen LogP contribution is -2.40. The van der Waals surface area contributed by atoms with Crippen molar-refractivity contribution in [3.05, 3.63) is 24.3 Å². The summed E-state index contributed by atoms with van der Waals surface area (Å²) >= 11 is 0. The number of benzene rings is 1. The Kier molecular flexibility index (Phi) is 6.13. The maximum Gasteiger partial charge on any atom is 0.321 e. The zero-order valence-corrected chi connectivity index (χ0v) is 13.0. The molecular formula is C13H19NO6S. The summed E-state index contributed by atoms with van der Waals surface area (Å²) in [5.41, 5.74) is 0. The Morgan fingerprint density at radius 2 is 1.86 bits per heavy atom. The molecule has 0 saturated heterocycles. The summed E-state index contributed by atoms with van der Waals surface area (Å²) < 4.78 is 35.5. The van der Waals surface area contributed by atoms with E-state index in [1.807, 2.05) is 0 Å². The Hall–Kier alpha value is -1.64. The number of hydrogen-bond acceptors (Lipinski definition) is 5. The molecule has 1 aromatic rings. The van der Waals surface area contributed by atoms with Crippen molar-refractivity contribution in [2.24, 2.45) is 0 Å². The Morgan fingerprint density at radius 3 is 2.33 bits per heavy atom. The maximum atomic E-state index is 12.3. The largest absolute Gasteiger partial charge is 0.491 e. The summed E-state index contributed by atoms with van der Waals surface area (Å²) in [6, 6.07) is 4.64. The van der Waals surface area contributed by atoms with Gasteiger partial charge in [0, 0.05) is 14.2 Å². The van der Waals surface area contributed by atoms with Gasteiger partial charge in [0.05, 0.1) is 11.5 Å². The number of carbonyl (C=O) groups is 1. The van der Waals surface area contributed by atoms with Gasteiger partial charge < -0.3 is 14.6 Å². The molecule has 21 heavy (non-hydrogen) atoms. The highest BCUT2D eigenvalue weighted by Gasteiger charge is 2.29. The lowest BCUT2D eigenvalue weighted by atomic mass is 10.3. The van der Waals surface area contributed by atoms with Crippen LogP contribution >= 0.6 is 0 Å². The lowest BCUT2D eigenvalue weighted by Gasteiger charge is -2.21. The lowest BCUT2D eigenvalue weighted by molar-refractivity contribution is -0.140. The van der Waals surface area contributed by atoms with E-state index in [-0.39, 0.29) is 4.90 Å². The normalized spacial score (nSPS) is 13.1. The van der Waals surface area contributed by atoms with Crippen LogP contribution in [-0.2, 0) is 19.6 Å². The molecule has 118 valence electrons.